The van der Waals surface area contributed by atoms with Crippen molar-refractivity contribution in [1.82, 2.24) is 20.4 Å². The molecule has 2 aliphatic rings. The second-order valence-electron chi connectivity index (χ2n) is 9.18. The summed E-state index contributed by atoms with van der Waals surface area (Å²) in [5.41, 5.74) is 5.94. The number of ether oxygens (including phenoxy) is 3. The third-order valence-electron chi connectivity index (χ3n) is 6.84. The molecule has 1 aromatic heterocycles. The Bertz CT molecular complexity index is 1200. The fourth-order valence-corrected chi connectivity index (χ4v) is 4.69. The van der Waals surface area contributed by atoms with E-state index in [2.05, 4.69) is 25.7 Å². The van der Waals surface area contributed by atoms with Crippen molar-refractivity contribution in [3.8, 4) is 22.6 Å². The van der Waals surface area contributed by atoms with Crippen LogP contribution in [0.4, 0.5) is 5.69 Å². The maximum absolute atomic E-state index is 13.3. The van der Waals surface area contributed by atoms with Crippen molar-refractivity contribution in [2.75, 3.05) is 51.9 Å². The van der Waals surface area contributed by atoms with Gasteiger partial charge < -0.3 is 24.8 Å². The normalized spacial score (nSPS) is 17.9. The van der Waals surface area contributed by atoms with Gasteiger partial charge in [0, 0.05) is 37.4 Å². The van der Waals surface area contributed by atoms with E-state index in [4.69, 9.17) is 14.2 Å². The van der Waals surface area contributed by atoms with Crippen LogP contribution in [0.2, 0.25) is 0 Å². The second-order valence-corrected chi connectivity index (χ2v) is 9.18. The predicted molar refractivity (Wildman–Crippen MR) is 137 cm³/mol. The van der Waals surface area contributed by atoms with Gasteiger partial charge in [0.15, 0.2) is 0 Å². The Labute approximate surface area is 211 Å². The van der Waals surface area contributed by atoms with E-state index in [9.17, 15) is 4.79 Å². The molecule has 1 fully saturated rings. The van der Waals surface area contributed by atoms with Crippen LogP contribution in [0, 0.1) is 6.92 Å². The van der Waals surface area contributed by atoms with Crippen LogP contribution in [0.1, 0.15) is 16.8 Å². The van der Waals surface area contributed by atoms with E-state index in [1.165, 1.54) is 5.56 Å². The molecule has 1 saturated heterocycles. The molecule has 36 heavy (non-hydrogen) atoms. The van der Waals surface area contributed by atoms with Crippen LogP contribution < -0.4 is 20.1 Å². The van der Waals surface area contributed by atoms with Gasteiger partial charge in [-0.3, -0.25) is 14.8 Å². The fraction of sp³-hybridized carbons (Fsp3) is 0.407. The third kappa shape index (κ3) is 5.53. The first-order valence-electron chi connectivity index (χ1n) is 12.4. The van der Waals surface area contributed by atoms with Gasteiger partial charge in [0.25, 0.3) is 0 Å². The maximum Gasteiger partial charge on any atom is 0.241 e. The highest BCUT2D eigenvalue weighted by Gasteiger charge is 2.25. The SMILES string of the molecule is COc1ccc2c(c1)C[C@H](C(=O)Nc1ccc(-c3cn[nH]c3C)cc1OCCN1CCOCC1)NC2. The van der Waals surface area contributed by atoms with Crippen molar-refractivity contribution in [3.63, 3.8) is 0 Å². The highest BCUT2D eigenvalue weighted by Crippen LogP contribution is 2.32. The van der Waals surface area contributed by atoms with Crippen molar-refractivity contribution in [1.29, 1.82) is 0 Å². The molecule has 5 rings (SSSR count). The fourth-order valence-electron chi connectivity index (χ4n) is 4.69. The number of aromatic nitrogens is 2. The van der Waals surface area contributed by atoms with E-state index in [0.29, 0.717) is 31.0 Å². The molecule has 190 valence electrons. The molecule has 2 aliphatic heterocycles. The summed E-state index contributed by atoms with van der Waals surface area (Å²) in [5, 5.41) is 13.6. The van der Waals surface area contributed by atoms with E-state index >= 15 is 0 Å². The minimum atomic E-state index is -0.346. The number of benzene rings is 2. The van der Waals surface area contributed by atoms with E-state index in [1.807, 2.05) is 43.3 Å². The number of methoxy groups -OCH3 is 1. The van der Waals surface area contributed by atoms with Crippen LogP contribution >= 0.6 is 0 Å². The zero-order valence-corrected chi connectivity index (χ0v) is 20.8. The topological polar surface area (TPSA) is 101 Å². The number of amides is 1. The van der Waals surface area contributed by atoms with Gasteiger partial charge in [-0.15, -0.1) is 0 Å². The number of carbonyl (C=O) groups excluding carboxylic acids is 1. The number of nitrogens with zero attached hydrogens (tertiary/aromatic N) is 2. The van der Waals surface area contributed by atoms with Gasteiger partial charge in [0.2, 0.25) is 5.91 Å². The summed E-state index contributed by atoms with van der Waals surface area (Å²) in [6.07, 6.45) is 2.40. The number of hydrogen-bond acceptors (Lipinski definition) is 7. The summed E-state index contributed by atoms with van der Waals surface area (Å²) in [4.78, 5) is 15.6. The highest BCUT2D eigenvalue weighted by atomic mass is 16.5. The quantitative estimate of drug-likeness (QED) is 0.446. The van der Waals surface area contributed by atoms with Crippen LogP contribution in [0.5, 0.6) is 11.5 Å². The third-order valence-corrected chi connectivity index (χ3v) is 6.84. The van der Waals surface area contributed by atoms with Crippen LogP contribution in [-0.2, 0) is 22.5 Å². The maximum atomic E-state index is 13.3. The molecule has 1 amide bonds. The second kappa shape index (κ2) is 11.1. The van der Waals surface area contributed by atoms with E-state index in [-0.39, 0.29) is 11.9 Å². The molecule has 0 radical (unpaired) electrons. The Balaban J connectivity index is 1.31. The zero-order valence-electron chi connectivity index (χ0n) is 20.8. The van der Waals surface area contributed by atoms with E-state index in [1.54, 1.807) is 13.3 Å². The number of aryl methyl sites for hydroxylation is 1. The monoisotopic (exact) mass is 491 g/mol. The van der Waals surface area contributed by atoms with Gasteiger partial charge in [-0.25, -0.2) is 0 Å². The standard InChI is InChI=1S/C27H33N5O4/c1-18-23(17-29-31-18)19-4-6-24(26(15-19)36-12-9-32-7-10-35-11-8-32)30-27(33)25-14-21-13-22(34-2)5-3-20(21)16-28-25/h3-6,13,15,17,25,28H,7-12,14,16H2,1-2H3,(H,29,31)(H,30,33)/t25-/m1/s1. The summed E-state index contributed by atoms with van der Waals surface area (Å²) in [6.45, 7) is 7.25. The van der Waals surface area contributed by atoms with Gasteiger partial charge in [-0.05, 0) is 54.3 Å². The molecule has 9 heteroatoms. The number of nitrogens with one attached hydrogen (secondary N) is 3. The molecule has 9 nitrogen and oxygen atoms in total. The van der Waals surface area contributed by atoms with Crippen LogP contribution in [0.3, 0.4) is 0 Å². The van der Waals surface area contributed by atoms with E-state index in [0.717, 1.165) is 61.0 Å². The number of rotatable bonds is 8. The minimum absolute atomic E-state index is 0.0891. The molecule has 0 aliphatic carbocycles. The van der Waals surface area contributed by atoms with Crippen molar-refractivity contribution in [3.05, 3.63) is 59.4 Å². The van der Waals surface area contributed by atoms with Crippen LogP contribution in [0.15, 0.2) is 42.6 Å². The van der Waals surface area contributed by atoms with E-state index < -0.39 is 0 Å². The summed E-state index contributed by atoms with van der Waals surface area (Å²) < 4.78 is 17.0. The Hall–Kier alpha value is -3.40. The number of aromatic amines is 1. The Morgan fingerprint density at radius 3 is 2.83 bits per heavy atom. The first kappa shape index (κ1) is 24.3. The molecule has 3 N–H and O–H groups in total. The first-order chi connectivity index (χ1) is 17.6. The van der Waals surface area contributed by atoms with Gasteiger partial charge in [0.1, 0.15) is 18.1 Å². The zero-order chi connectivity index (χ0) is 24.9. The van der Waals surface area contributed by atoms with Crippen LogP contribution in [-0.4, -0.2) is 73.6 Å². The Morgan fingerprint density at radius 1 is 1.19 bits per heavy atom. The summed E-state index contributed by atoms with van der Waals surface area (Å²) >= 11 is 0. The van der Waals surface area contributed by atoms with Crippen molar-refractivity contribution in [2.45, 2.75) is 25.9 Å². The first-order valence-corrected chi connectivity index (χ1v) is 12.4. The van der Waals surface area contributed by atoms with Crippen LogP contribution in [0.25, 0.3) is 11.1 Å². The molecule has 0 saturated carbocycles. The largest absolute Gasteiger partial charge is 0.497 e. The van der Waals surface area contributed by atoms with Gasteiger partial charge in [-0.2, -0.15) is 5.10 Å². The van der Waals surface area contributed by atoms with Gasteiger partial charge in [-0.1, -0.05) is 12.1 Å². The van der Waals surface area contributed by atoms with Gasteiger partial charge >= 0.3 is 0 Å². The average Bonchev–Trinajstić information content (AvgIpc) is 3.35. The molecule has 3 aromatic rings. The molecule has 1 atom stereocenters. The summed E-state index contributed by atoms with van der Waals surface area (Å²) in [7, 11) is 1.66. The molecule has 0 unspecified atom stereocenters. The number of hydrogen-bond donors (Lipinski definition) is 3. The minimum Gasteiger partial charge on any atom is -0.497 e. The smallest absolute Gasteiger partial charge is 0.241 e. The molecule has 0 bridgehead atoms. The lowest BCUT2D eigenvalue weighted by Gasteiger charge is -2.27. The molecular weight excluding hydrogens is 458 g/mol. The predicted octanol–water partition coefficient (Wildman–Crippen LogP) is 2.76. The lowest BCUT2D eigenvalue weighted by Crippen LogP contribution is -2.44. The number of H-pyrrole nitrogens is 1. The molecule has 2 aromatic carbocycles. The summed E-state index contributed by atoms with van der Waals surface area (Å²) in [6, 6.07) is 11.5. The van der Waals surface area contributed by atoms with Crippen molar-refractivity contribution in [2.24, 2.45) is 0 Å². The molecular formula is C27H33N5O4. The Kier molecular flexibility index (Phi) is 7.50. The molecule has 3 heterocycles. The average molecular weight is 492 g/mol. The van der Waals surface area contributed by atoms with Gasteiger partial charge in [0.05, 0.1) is 38.2 Å². The van der Waals surface area contributed by atoms with Crippen molar-refractivity contribution >= 4 is 11.6 Å². The summed E-state index contributed by atoms with van der Waals surface area (Å²) in [5.74, 6) is 1.36. The Morgan fingerprint density at radius 2 is 2.06 bits per heavy atom. The lowest BCUT2D eigenvalue weighted by molar-refractivity contribution is -0.118. The number of morpholine rings is 1. The van der Waals surface area contributed by atoms with Crippen molar-refractivity contribution < 1.29 is 19.0 Å². The number of fused-ring (bicyclic) bond motifs is 1. The number of carbonyl (C=O) groups is 1. The lowest BCUT2D eigenvalue weighted by atomic mass is 9.95. The number of anilines is 1. The molecule has 0 spiro atoms. The highest BCUT2D eigenvalue weighted by molar-refractivity contribution is 5.97.